The highest BCUT2D eigenvalue weighted by Gasteiger charge is 2.15. The third-order valence-electron chi connectivity index (χ3n) is 6.17. The molecule has 0 radical (unpaired) electrons. The van der Waals surface area contributed by atoms with E-state index in [1.54, 1.807) is 42.6 Å². The van der Waals surface area contributed by atoms with Gasteiger partial charge < -0.3 is 20.1 Å². The number of nitrogens with one attached hydrogen (secondary N) is 2. The lowest BCUT2D eigenvalue weighted by atomic mass is 10.2. The van der Waals surface area contributed by atoms with Crippen LogP contribution in [-0.2, 0) is 28.8 Å². The number of benzene rings is 3. The third kappa shape index (κ3) is 6.62. The highest BCUT2D eigenvalue weighted by atomic mass is 32.2. The van der Waals surface area contributed by atoms with E-state index in [-0.39, 0.29) is 18.2 Å². The number of fused-ring (bicyclic) bond motifs is 1. The van der Waals surface area contributed by atoms with Crippen molar-refractivity contribution in [2.75, 3.05) is 23.5 Å². The van der Waals surface area contributed by atoms with Crippen molar-refractivity contribution in [1.82, 2.24) is 24.8 Å². The van der Waals surface area contributed by atoms with Crippen molar-refractivity contribution in [1.29, 1.82) is 0 Å². The van der Waals surface area contributed by atoms with Crippen LogP contribution in [0, 0.1) is 0 Å². The zero-order valence-corrected chi connectivity index (χ0v) is 23.0. The first kappa shape index (κ1) is 26.8. The molecule has 10 nitrogen and oxygen atoms in total. The molecule has 1 amide bonds. The Hall–Kier alpha value is -4.77. The van der Waals surface area contributed by atoms with Gasteiger partial charge in [0.25, 0.3) is 5.91 Å². The Morgan fingerprint density at radius 2 is 1.73 bits per heavy atom. The summed E-state index contributed by atoms with van der Waals surface area (Å²) < 4.78 is 25.4. The first-order valence-electron chi connectivity index (χ1n) is 12.6. The van der Waals surface area contributed by atoms with E-state index in [4.69, 9.17) is 4.98 Å². The number of rotatable bonds is 10. The van der Waals surface area contributed by atoms with Crippen LogP contribution in [0.15, 0.2) is 91.1 Å². The second-order valence-corrected chi connectivity index (χ2v) is 11.6. The van der Waals surface area contributed by atoms with E-state index >= 15 is 0 Å². The summed E-state index contributed by atoms with van der Waals surface area (Å²) in [6.45, 7) is 0.688. The fourth-order valence-electron chi connectivity index (χ4n) is 4.35. The maximum Gasteiger partial charge on any atom is 0.251 e. The number of anilines is 3. The summed E-state index contributed by atoms with van der Waals surface area (Å²) in [7, 11) is -1.23. The molecular formula is C29H29N7O3S. The Balaban J connectivity index is 1.34. The minimum atomic E-state index is -3.15. The van der Waals surface area contributed by atoms with Crippen LogP contribution in [0.25, 0.3) is 11.0 Å². The molecule has 0 aliphatic rings. The smallest absolute Gasteiger partial charge is 0.251 e. The van der Waals surface area contributed by atoms with Gasteiger partial charge in [-0.25, -0.2) is 18.4 Å². The van der Waals surface area contributed by atoms with Gasteiger partial charge in [0.1, 0.15) is 11.6 Å². The number of hydrogen-bond donors (Lipinski definition) is 2. The molecule has 5 rings (SSSR count). The predicted octanol–water partition coefficient (Wildman–Crippen LogP) is 4.14. The van der Waals surface area contributed by atoms with Gasteiger partial charge in [0.2, 0.25) is 5.95 Å². The fraction of sp³-hybridized carbons (Fsp3) is 0.172. The Morgan fingerprint density at radius 3 is 2.52 bits per heavy atom. The molecule has 11 heteroatoms. The van der Waals surface area contributed by atoms with Gasteiger partial charge in [-0.05, 0) is 48.0 Å². The molecule has 0 bridgehead atoms. The maximum atomic E-state index is 12.7. The Kier molecular flexibility index (Phi) is 7.74. The van der Waals surface area contributed by atoms with E-state index < -0.39 is 9.84 Å². The number of carbonyl (C=O) groups excluding carboxylic acids is 1. The van der Waals surface area contributed by atoms with Crippen molar-refractivity contribution < 1.29 is 13.2 Å². The van der Waals surface area contributed by atoms with Gasteiger partial charge in [-0.15, -0.1) is 0 Å². The van der Waals surface area contributed by atoms with Gasteiger partial charge in [-0.1, -0.05) is 42.5 Å². The molecule has 0 unspecified atom stereocenters. The molecule has 5 aromatic rings. The lowest BCUT2D eigenvalue weighted by Crippen LogP contribution is -2.28. The van der Waals surface area contributed by atoms with E-state index in [0.717, 1.165) is 11.0 Å². The molecule has 0 aliphatic carbocycles. The zero-order valence-electron chi connectivity index (χ0n) is 22.2. The molecular weight excluding hydrogens is 526 g/mol. The molecule has 0 atom stereocenters. The van der Waals surface area contributed by atoms with Crippen LogP contribution in [0.1, 0.15) is 21.7 Å². The van der Waals surface area contributed by atoms with Crippen LogP contribution in [-0.4, -0.2) is 47.1 Å². The first-order valence-corrected chi connectivity index (χ1v) is 14.7. The SMILES string of the molecule is CN(Cn1c(CNC(=O)c2ccccc2)nc2ccccc21)c1ccnc(Nc2cccc(CS(C)(=O)=O)c2)n1. The van der Waals surface area contributed by atoms with E-state index in [1.807, 2.05) is 65.0 Å². The second kappa shape index (κ2) is 11.5. The van der Waals surface area contributed by atoms with Crippen molar-refractivity contribution in [3.8, 4) is 0 Å². The van der Waals surface area contributed by atoms with Gasteiger partial charge in [-0.3, -0.25) is 4.79 Å². The number of para-hydroxylation sites is 2. The van der Waals surface area contributed by atoms with Crippen LogP contribution >= 0.6 is 0 Å². The zero-order chi connectivity index (χ0) is 28.1. The van der Waals surface area contributed by atoms with Gasteiger partial charge in [-0.2, -0.15) is 4.98 Å². The normalized spacial score (nSPS) is 11.3. The summed E-state index contributed by atoms with van der Waals surface area (Å²) >= 11 is 0. The Labute approximate surface area is 232 Å². The van der Waals surface area contributed by atoms with Crippen molar-refractivity contribution in [3.05, 3.63) is 108 Å². The summed E-state index contributed by atoms with van der Waals surface area (Å²) in [5, 5.41) is 6.13. The standard InChI is InChI=1S/C29H29N7O3S/c1-35(26-15-16-30-29(34-26)32-23-12-8-9-21(17-23)19-40(2,38)39)20-36-25-14-7-6-13-24(25)33-27(36)18-31-28(37)22-10-4-3-5-11-22/h3-17H,18-20H2,1-2H3,(H,31,37)(H,30,32,34). The van der Waals surface area contributed by atoms with Crippen molar-refractivity contribution in [2.24, 2.45) is 0 Å². The summed E-state index contributed by atoms with van der Waals surface area (Å²) in [6.07, 6.45) is 2.87. The molecule has 2 N–H and O–H groups in total. The van der Waals surface area contributed by atoms with Crippen molar-refractivity contribution in [2.45, 2.75) is 19.0 Å². The van der Waals surface area contributed by atoms with Crippen molar-refractivity contribution >= 4 is 44.2 Å². The van der Waals surface area contributed by atoms with E-state index in [1.165, 1.54) is 6.26 Å². The Bertz CT molecular complexity index is 1750. The third-order valence-corrected chi connectivity index (χ3v) is 7.03. The van der Waals surface area contributed by atoms with Crippen molar-refractivity contribution in [3.63, 3.8) is 0 Å². The highest BCUT2D eigenvalue weighted by Crippen LogP contribution is 2.21. The van der Waals surface area contributed by atoms with Gasteiger partial charge in [0.05, 0.1) is 30.0 Å². The van der Waals surface area contributed by atoms with Gasteiger partial charge in [0.15, 0.2) is 9.84 Å². The van der Waals surface area contributed by atoms with E-state index in [2.05, 4.69) is 20.6 Å². The molecule has 0 spiro atoms. The summed E-state index contributed by atoms with van der Waals surface area (Å²) in [6, 6.07) is 25.9. The van der Waals surface area contributed by atoms with E-state index in [9.17, 15) is 13.2 Å². The number of imidazole rings is 1. The largest absolute Gasteiger partial charge is 0.345 e. The van der Waals surface area contributed by atoms with Crippen LogP contribution < -0.4 is 15.5 Å². The first-order chi connectivity index (χ1) is 19.2. The number of sulfone groups is 1. The second-order valence-electron chi connectivity index (χ2n) is 9.47. The van der Waals surface area contributed by atoms with Crippen LogP contribution in [0.5, 0.6) is 0 Å². The number of amides is 1. The molecule has 204 valence electrons. The minimum absolute atomic E-state index is 0.0425. The molecule has 0 saturated carbocycles. The number of carbonyl (C=O) groups is 1. The van der Waals surface area contributed by atoms with Crippen LogP contribution in [0.3, 0.4) is 0 Å². The number of nitrogens with zero attached hydrogens (tertiary/aromatic N) is 5. The lowest BCUT2D eigenvalue weighted by Gasteiger charge is -2.21. The Morgan fingerprint density at radius 1 is 0.950 bits per heavy atom. The average molecular weight is 556 g/mol. The quantitative estimate of drug-likeness (QED) is 0.264. The number of aromatic nitrogens is 4. The number of hydrogen-bond acceptors (Lipinski definition) is 8. The van der Waals surface area contributed by atoms with Crippen LogP contribution in [0.2, 0.25) is 0 Å². The molecule has 0 aliphatic heterocycles. The topological polar surface area (TPSA) is 122 Å². The molecule has 0 fully saturated rings. The maximum absolute atomic E-state index is 12.7. The molecule has 0 saturated heterocycles. The fourth-order valence-corrected chi connectivity index (χ4v) is 5.13. The van der Waals surface area contributed by atoms with Crippen LogP contribution in [0.4, 0.5) is 17.5 Å². The summed E-state index contributed by atoms with van der Waals surface area (Å²) in [5.41, 5.74) is 3.73. The minimum Gasteiger partial charge on any atom is -0.345 e. The molecule has 3 aromatic carbocycles. The highest BCUT2D eigenvalue weighted by molar-refractivity contribution is 7.89. The summed E-state index contributed by atoms with van der Waals surface area (Å²) in [5.74, 6) is 1.56. The van der Waals surface area contributed by atoms with Gasteiger partial charge in [0, 0.05) is 30.8 Å². The molecule has 2 heterocycles. The van der Waals surface area contributed by atoms with Gasteiger partial charge >= 0.3 is 0 Å². The van der Waals surface area contributed by atoms with E-state index in [0.29, 0.717) is 41.1 Å². The average Bonchev–Trinajstić information content (AvgIpc) is 3.28. The predicted molar refractivity (Wildman–Crippen MR) is 156 cm³/mol. The summed E-state index contributed by atoms with van der Waals surface area (Å²) in [4.78, 5) is 28.4. The monoisotopic (exact) mass is 555 g/mol. The molecule has 2 aromatic heterocycles. The lowest BCUT2D eigenvalue weighted by molar-refractivity contribution is 0.0949. The molecule has 40 heavy (non-hydrogen) atoms.